The number of aliphatic hydroxyl groups is 1. The first-order valence-corrected chi connectivity index (χ1v) is 13.9. The third-order valence-electron chi connectivity index (χ3n) is 7.37. The minimum atomic E-state index is -0.412. The zero-order valence-electron chi connectivity index (χ0n) is 24.3. The largest absolute Gasteiger partial charge is 0.490 e. The lowest BCUT2D eigenvalue weighted by Crippen LogP contribution is -2.48. The predicted molar refractivity (Wildman–Crippen MR) is 155 cm³/mol. The van der Waals surface area contributed by atoms with E-state index in [0.717, 1.165) is 24.9 Å². The molecule has 2 aromatic rings. The summed E-state index contributed by atoms with van der Waals surface area (Å²) in [5.74, 6) is 0.189. The van der Waals surface area contributed by atoms with Gasteiger partial charge in [-0.3, -0.25) is 9.59 Å². The number of ether oxygens (including phenoxy) is 2. The molecule has 8 nitrogen and oxygen atoms in total. The van der Waals surface area contributed by atoms with Crippen LogP contribution in [0.2, 0.25) is 0 Å². The van der Waals surface area contributed by atoms with E-state index in [9.17, 15) is 14.7 Å². The highest BCUT2D eigenvalue weighted by Gasteiger charge is 2.31. The second-order valence-electron chi connectivity index (χ2n) is 10.9. The highest BCUT2D eigenvalue weighted by Crippen LogP contribution is 2.29. The molecule has 0 unspecified atom stereocenters. The van der Waals surface area contributed by atoms with Crippen LogP contribution in [0.15, 0.2) is 48.5 Å². The van der Waals surface area contributed by atoms with Gasteiger partial charge in [0.1, 0.15) is 5.75 Å². The molecule has 1 N–H and O–H groups in total. The van der Waals surface area contributed by atoms with Gasteiger partial charge in [-0.2, -0.15) is 0 Å². The molecule has 0 fully saturated rings. The lowest BCUT2D eigenvalue weighted by atomic mass is 10.0. The molecule has 3 rings (SSSR count). The summed E-state index contributed by atoms with van der Waals surface area (Å²) in [6.45, 7) is 7.04. The van der Waals surface area contributed by atoms with Gasteiger partial charge in [0.2, 0.25) is 0 Å². The summed E-state index contributed by atoms with van der Waals surface area (Å²) in [5.41, 5.74) is 2.00. The van der Waals surface area contributed by atoms with Crippen molar-refractivity contribution in [2.45, 2.75) is 58.3 Å². The number of amides is 2. The van der Waals surface area contributed by atoms with Crippen LogP contribution in [0.3, 0.4) is 0 Å². The number of aliphatic hydroxyl groups excluding tert-OH is 1. The van der Waals surface area contributed by atoms with Crippen LogP contribution in [0.1, 0.15) is 60.7 Å². The summed E-state index contributed by atoms with van der Waals surface area (Å²) in [6.07, 6.45) is 2.27. The fourth-order valence-corrected chi connectivity index (χ4v) is 4.81. The molecule has 39 heavy (non-hydrogen) atoms. The van der Waals surface area contributed by atoms with Crippen molar-refractivity contribution < 1.29 is 24.2 Å². The Kier molecular flexibility index (Phi) is 11.2. The van der Waals surface area contributed by atoms with Gasteiger partial charge in [0.15, 0.2) is 0 Å². The maximum Gasteiger partial charge on any atom is 0.258 e. The second-order valence-corrected chi connectivity index (χ2v) is 10.9. The summed E-state index contributed by atoms with van der Waals surface area (Å²) in [4.78, 5) is 32.5. The second kappa shape index (κ2) is 14.3. The van der Waals surface area contributed by atoms with Crippen LogP contribution in [0.5, 0.6) is 5.75 Å². The average molecular weight is 540 g/mol. The summed E-state index contributed by atoms with van der Waals surface area (Å²) in [6, 6.07) is 14.5. The van der Waals surface area contributed by atoms with E-state index in [4.69, 9.17) is 9.47 Å². The van der Waals surface area contributed by atoms with E-state index in [1.165, 1.54) is 0 Å². The predicted octanol–water partition coefficient (Wildman–Crippen LogP) is 4.32. The number of carbonyl (C=O) groups is 2. The summed E-state index contributed by atoms with van der Waals surface area (Å²) in [5, 5.41) is 10.1. The quantitative estimate of drug-likeness (QED) is 0.589. The molecular formula is C31H45N3O5. The molecule has 8 heteroatoms. The SMILES string of the molecule is C[C@@H]1CN([C@H](C)CO)C(=O)c2cc(N(C)C)ccc2O[C@@H](C)CCCCO[C@@H]1CN(C)C(=O)c1ccccc1. The topological polar surface area (TPSA) is 82.6 Å². The Hall–Kier alpha value is -3.10. The molecule has 4 atom stereocenters. The molecular weight excluding hydrogens is 494 g/mol. The van der Waals surface area contributed by atoms with E-state index in [2.05, 4.69) is 0 Å². The van der Waals surface area contributed by atoms with Crippen molar-refractivity contribution in [3.05, 3.63) is 59.7 Å². The molecule has 2 aromatic carbocycles. The molecule has 0 bridgehead atoms. The normalized spacial score (nSPS) is 21.8. The van der Waals surface area contributed by atoms with Crippen LogP contribution in [0.25, 0.3) is 0 Å². The van der Waals surface area contributed by atoms with Crippen molar-refractivity contribution in [3.8, 4) is 5.75 Å². The monoisotopic (exact) mass is 539 g/mol. The zero-order chi connectivity index (χ0) is 28.5. The molecule has 0 saturated carbocycles. The molecule has 2 amide bonds. The standard InChI is InChI=1S/C31H45N3O5/c1-22-19-34(23(2)21-35)31(37)27-18-26(32(4)5)15-16-28(27)39-24(3)12-10-11-17-38-29(22)20-33(6)30(36)25-13-8-7-9-14-25/h7-9,13-16,18,22-24,29,35H,10-12,17,19-21H2,1-6H3/t22-,23-,24+,29-/m1/s1. The number of carbonyl (C=O) groups excluding carboxylic acids is 2. The first kappa shape index (κ1) is 30.4. The van der Waals surface area contributed by atoms with Gasteiger partial charge in [-0.15, -0.1) is 0 Å². The number of fused-ring (bicyclic) bond motifs is 1. The molecule has 214 valence electrons. The number of benzene rings is 2. The molecule has 0 aromatic heterocycles. The van der Waals surface area contributed by atoms with Crippen molar-refractivity contribution in [2.75, 3.05) is 52.3 Å². The lowest BCUT2D eigenvalue weighted by Gasteiger charge is -2.36. The van der Waals surface area contributed by atoms with Crippen LogP contribution in [0.4, 0.5) is 5.69 Å². The van der Waals surface area contributed by atoms with E-state index >= 15 is 0 Å². The van der Waals surface area contributed by atoms with Crippen molar-refractivity contribution in [1.82, 2.24) is 9.80 Å². The van der Waals surface area contributed by atoms with Gasteiger partial charge >= 0.3 is 0 Å². The third-order valence-corrected chi connectivity index (χ3v) is 7.37. The number of anilines is 1. The zero-order valence-corrected chi connectivity index (χ0v) is 24.3. The molecule has 0 spiro atoms. The number of hydrogen-bond acceptors (Lipinski definition) is 6. The van der Waals surface area contributed by atoms with E-state index < -0.39 is 6.04 Å². The minimum absolute atomic E-state index is 0.0708. The van der Waals surface area contributed by atoms with Gasteiger partial charge in [0.05, 0.1) is 30.4 Å². The fraction of sp³-hybridized carbons (Fsp3) is 0.548. The van der Waals surface area contributed by atoms with Crippen molar-refractivity contribution >= 4 is 17.5 Å². The van der Waals surface area contributed by atoms with Crippen molar-refractivity contribution in [2.24, 2.45) is 5.92 Å². The van der Waals surface area contributed by atoms with Gasteiger partial charge in [-0.05, 0) is 63.4 Å². The number of nitrogens with zero attached hydrogens (tertiary/aromatic N) is 3. The number of hydrogen-bond donors (Lipinski definition) is 1. The van der Waals surface area contributed by atoms with E-state index in [0.29, 0.717) is 36.6 Å². The highest BCUT2D eigenvalue weighted by atomic mass is 16.5. The molecule has 0 saturated heterocycles. The van der Waals surface area contributed by atoms with Gasteiger partial charge < -0.3 is 29.3 Å². The van der Waals surface area contributed by atoms with Gasteiger partial charge in [0, 0.05) is 58.0 Å². The average Bonchev–Trinajstić information content (AvgIpc) is 2.93. The Bertz CT molecular complexity index is 1080. The van der Waals surface area contributed by atoms with Gasteiger partial charge in [-0.1, -0.05) is 25.1 Å². The maximum absolute atomic E-state index is 14.1. The van der Waals surface area contributed by atoms with Gasteiger partial charge in [0.25, 0.3) is 11.8 Å². The third kappa shape index (κ3) is 8.19. The fourth-order valence-electron chi connectivity index (χ4n) is 4.81. The van der Waals surface area contributed by atoms with Crippen molar-refractivity contribution in [3.63, 3.8) is 0 Å². The molecule has 1 aliphatic rings. The van der Waals surface area contributed by atoms with Crippen LogP contribution < -0.4 is 9.64 Å². The Balaban J connectivity index is 1.93. The first-order valence-electron chi connectivity index (χ1n) is 13.9. The first-order chi connectivity index (χ1) is 18.6. The number of likely N-dealkylation sites (N-methyl/N-ethyl adjacent to an activating group) is 1. The van der Waals surface area contributed by atoms with Crippen LogP contribution in [0, 0.1) is 5.92 Å². The van der Waals surface area contributed by atoms with E-state index in [1.807, 2.05) is 88.3 Å². The lowest BCUT2D eigenvalue weighted by molar-refractivity contribution is -0.0149. The Morgan fingerprint density at radius 1 is 1.10 bits per heavy atom. The Morgan fingerprint density at radius 3 is 2.49 bits per heavy atom. The maximum atomic E-state index is 14.1. The highest BCUT2D eigenvalue weighted by molar-refractivity contribution is 5.98. The summed E-state index contributed by atoms with van der Waals surface area (Å²) in [7, 11) is 5.66. The van der Waals surface area contributed by atoms with Crippen LogP contribution in [-0.4, -0.2) is 92.4 Å². The van der Waals surface area contributed by atoms with E-state index in [-0.39, 0.29) is 36.5 Å². The molecule has 0 aliphatic carbocycles. The Labute approximate surface area is 233 Å². The van der Waals surface area contributed by atoms with Gasteiger partial charge in [-0.25, -0.2) is 0 Å². The van der Waals surface area contributed by atoms with Crippen LogP contribution >= 0.6 is 0 Å². The molecule has 1 aliphatic heterocycles. The smallest absolute Gasteiger partial charge is 0.258 e. The summed E-state index contributed by atoms with van der Waals surface area (Å²) >= 11 is 0. The van der Waals surface area contributed by atoms with Crippen molar-refractivity contribution in [1.29, 1.82) is 0 Å². The molecule has 0 radical (unpaired) electrons. The van der Waals surface area contributed by atoms with Crippen LogP contribution in [-0.2, 0) is 4.74 Å². The summed E-state index contributed by atoms with van der Waals surface area (Å²) < 4.78 is 12.6. The number of rotatable bonds is 6. The Morgan fingerprint density at radius 2 is 1.82 bits per heavy atom. The van der Waals surface area contributed by atoms with E-state index in [1.54, 1.807) is 16.8 Å². The minimum Gasteiger partial charge on any atom is -0.490 e. The molecule has 1 heterocycles.